The molecule has 0 saturated carbocycles. The third kappa shape index (κ3) is 4.70. The zero-order chi connectivity index (χ0) is 17.0. The molecule has 0 N–H and O–H groups in total. The van der Waals surface area contributed by atoms with Crippen LogP contribution in [-0.4, -0.2) is 53.8 Å². The number of halogens is 3. The maximum Gasteiger partial charge on any atom is 0.435 e. The molecular formula is C16H24F3N3O2. The number of nitrogens with zero attached hydrogens (tertiary/aromatic N) is 3. The molecule has 1 aromatic rings. The lowest BCUT2D eigenvalue weighted by Crippen LogP contribution is -2.39. The maximum atomic E-state index is 12.7. The SMILES string of the molecule is FC(F)(F)c1ccn([C@@H]2CCCN(CCO[C@@H]3CCCCO3)C2)n1. The molecule has 0 aliphatic carbocycles. The molecule has 1 aromatic heterocycles. The van der Waals surface area contributed by atoms with E-state index in [4.69, 9.17) is 9.47 Å². The first kappa shape index (κ1) is 17.7. The van der Waals surface area contributed by atoms with E-state index >= 15 is 0 Å². The van der Waals surface area contributed by atoms with E-state index in [9.17, 15) is 13.2 Å². The summed E-state index contributed by atoms with van der Waals surface area (Å²) < 4.78 is 50.8. The van der Waals surface area contributed by atoms with Gasteiger partial charge in [-0.3, -0.25) is 9.58 Å². The fourth-order valence-electron chi connectivity index (χ4n) is 3.30. The fraction of sp³-hybridized carbons (Fsp3) is 0.812. The van der Waals surface area contributed by atoms with Gasteiger partial charge in [0.25, 0.3) is 0 Å². The van der Waals surface area contributed by atoms with Gasteiger partial charge >= 0.3 is 6.18 Å². The highest BCUT2D eigenvalue weighted by atomic mass is 19.4. The van der Waals surface area contributed by atoms with Gasteiger partial charge in [-0.25, -0.2) is 0 Å². The molecule has 0 unspecified atom stereocenters. The van der Waals surface area contributed by atoms with E-state index in [0.717, 1.165) is 57.9 Å². The average molecular weight is 347 g/mol. The van der Waals surface area contributed by atoms with Crippen LogP contribution in [0, 0.1) is 0 Å². The van der Waals surface area contributed by atoms with Crippen molar-refractivity contribution < 1.29 is 22.6 Å². The van der Waals surface area contributed by atoms with E-state index in [0.29, 0.717) is 13.2 Å². The molecule has 8 heteroatoms. The minimum Gasteiger partial charge on any atom is -0.353 e. The van der Waals surface area contributed by atoms with Crippen LogP contribution in [0.4, 0.5) is 13.2 Å². The van der Waals surface area contributed by atoms with E-state index in [2.05, 4.69) is 10.00 Å². The van der Waals surface area contributed by atoms with Crippen molar-refractivity contribution in [1.82, 2.24) is 14.7 Å². The van der Waals surface area contributed by atoms with Crippen LogP contribution in [0.15, 0.2) is 12.3 Å². The van der Waals surface area contributed by atoms with Crippen LogP contribution in [0.1, 0.15) is 43.8 Å². The van der Waals surface area contributed by atoms with Gasteiger partial charge in [0.05, 0.1) is 12.6 Å². The molecule has 24 heavy (non-hydrogen) atoms. The van der Waals surface area contributed by atoms with Gasteiger partial charge in [0.2, 0.25) is 0 Å². The van der Waals surface area contributed by atoms with Crippen molar-refractivity contribution in [2.45, 2.75) is 50.6 Å². The van der Waals surface area contributed by atoms with Gasteiger partial charge in [-0.15, -0.1) is 0 Å². The highest BCUT2D eigenvalue weighted by Crippen LogP contribution is 2.29. The Morgan fingerprint density at radius 2 is 2.12 bits per heavy atom. The van der Waals surface area contributed by atoms with Crippen molar-refractivity contribution in [2.75, 3.05) is 32.8 Å². The lowest BCUT2D eigenvalue weighted by molar-refractivity contribution is -0.164. The number of aromatic nitrogens is 2. The molecule has 0 aromatic carbocycles. The molecule has 2 aliphatic heterocycles. The Morgan fingerprint density at radius 1 is 1.25 bits per heavy atom. The Hall–Kier alpha value is -1.12. The molecule has 2 fully saturated rings. The molecular weight excluding hydrogens is 323 g/mol. The van der Waals surface area contributed by atoms with Crippen LogP contribution in [-0.2, 0) is 15.7 Å². The number of hydrogen-bond donors (Lipinski definition) is 0. The number of hydrogen-bond acceptors (Lipinski definition) is 4. The lowest BCUT2D eigenvalue weighted by Gasteiger charge is -2.33. The van der Waals surface area contributed by atoms with E-state index < -0.39 is 11.9 Å². The zero-order valence-corrected chi connectivity index (χ0v) is 13.7. The Kier molecular flexibility index (Phi) is 5.78. The predicted octanol–water partition coefficient (Wildman–Crippen LogP) is 3.08. The highest BCUT2D eigenvalue weighted by Gasteiger charge is 2.34. The first-order chi connectivity index (χ1) is 11.5. The molecule has 2 saturated heterocycles. The molecule has 2 aliphatic rings. The first-order valence-electron chi connectivity index (χ1n) is 8.60. The summed E-state index contributed by atoms with van der Waals surface area (Å²) >= 11 is 0. The second-order valence-electron chi connectivity index (χ2n) is 6.44. The number of piperidine rings is 1. The van der Waals surface area contributed by atoms with Crippen molar-refractivity contribution in [2.24, 2.45) is 0 Å². The van der Waals surface area contributed by atoms with Crippen molar-refractivity contribution in [3.05, 3.63) is 18.0 Å². The van der Waals surface area contributed by atoms with Crippen LogP contribution in [0.2, 0.25) is 0 Å². The summed E-state index contributed by atoms with van der Waals surface area (Å²) in [5, 5.41) is 3.71. The van der Waals surface area contributed by atoms with Crippen LogP contribution in [0.3, 0.4) is 0 Å². The van der Waals surface area contributed by atoms with Crippen LogP contribution < -0.4 is 0 Å². The van der Waals surface area contributed by atoms with Crippen molar-refractivity contribution in [3.63, 3.8) is 0 Å². The van der Waals surface area contributed by atoms with E-state index in [1.807, 2.05) is 0 Å². The molecule has 5 nitrogen and oxygen atoms in total. The third-order valence-corrected chi connectivity index (χ3v) is 4.60. The van der Waals surface area contributed by atoms with Crippen LogP contribution in [0.5, 0.6) is 0 Å². The summed E-state index contributed by atoms with van der Waals surface area (Å²) in [5.41, 5.74) is -0.822. The highest BCUT2D eigenvalue weighted by molar-refractivity contribution is 5.04. The third-order valence-electron chi connectivity index (χ3n) is 4.60. The standard InChI is InChI=1S/C16H24F3N3O2/c17-16(18,19)14-6-8-22(20-14)13-4-3-7-21(12-13)9-11-24-15-5-1-2-10-23-15/h6,8,13,15H,1-5,7,9-12H2/t13-,15-/m1/s1. The summed E-state index contributed by atoms with van der Waals surface area (Å²) in [6.07, 6.45) is 1.93. The van der Waals surface area contributed by atoms with Crippen LogP contribution >= 0.6 is 0 Å². The molecule has 136 valence electrons. The second-order valence-corrected chi connectivity index (χ2v) is 6.44. The van der Waals surface area contributed by atoms with E-state index in [1.165, 1.54) is 10.9 Å². The van der Waals surface area contributed by atoms with Gasteiger partial charge < -0.3 is 9.47 Å². The molecule has 3 heterocycles. The monoisotopic (exact) mass is 347 g/mol. The molecule has 0 radical (unpaired) electrons. The summed E-state index contributed by atoms with van der Waals surface area (Å²) in [4.78, 5) is 2.23. The Balaban J connectivity index is 1.46. The quantitative estimate of drug-likeness (QED) is 0.821. The minimum atomic E-state index is -4.38. The van der Waals surface area contributed by atoms with Crippen LogP contribution in [0.25, 0.3) is 0 Å². The summed E-state index contributed by atoms with van der Waals surface area (Å²) in [5.74, 6) is 0. The number of ether oxygens (including phenoxy) is 2. The Bertz CT molecular complexity index is 515. The normalized spacial score (nSPS) is 26.6. The molecule has 0 bridgehead atoms. The molecule has 0 spiro atoms. The predicted molar refractivity (Wildman–Crippen MR) is 81.5 cm³/mol. The number of likely N-dealkylation sites (tertiary alicyclic amines) is 1. The summed E-state index contributed by atoms with van der Waals surface area (Å²) in [6, 6.07) is 1.03. The van der Waals surface area contributed by atoms with Gasteiger partial charge in [-0.1, -0.05) is 0 Å². The first-order valence-corrected chi connectivity index (χ1v) is 8.60. The van der Waals surface area contributed by atoms with Gasteiger partial charge in [0.1, 0.15) is 0 Å². The van der Waals surface area contributed by atoms with Gasteiger partial charge in [0, 0.05) is 25.9 Å². The van der Waals surface area contributed by atoms with Gasteiger partial charge in [-0.2, -0.15) is 18.3 Å². The Morgan fingerprint density at radius 3 is 2.83 bits per heavy atom. The molecule has 2 atom stereocenters. The smallest absolute Gasteiger partial charge is 0.353 e. The largest absolute Gasteiger partial charge is 0.435 e. The zero-order valence-electron chi connectivity index (χ0n) is 13.7. The number of rotatable bonds is 5. The fourth-order valence-corrected chi connectivity index (χ4v) is 3.30. The maximum absolute atomic E-state index is 12.7. The van der Waals surface area contributed by atoms with E-state index in [1.54, 1.807) is 0 Å². The second kappa shape index (κ2) is 7.84. The summed E-state index contributed by atoms with van der Waals surface area (Å²) in [6.45, 7) is 3.76. The average Bonchev–Trinajstić information content (AvgIpc) is 3.07. The minimum absolute atomic E-state index is 0.0132. The molecule has 3 rings (SSSR count). The summed E-state index contributed by atoms with van der Waals surface area (Å²) in [7, 11) is 0. The number of alkyl halides is 3. The van der Waals surface area contributed by atoms with Gasteiger partial charge in [0.15, 0.2) is 12.0 Å². The Labute approximate surface area is 139 Å². The molecule has 0 amide bonds. The van der Waals surface area contributed by atoms with Crippen molar-refractivity contribution >= 4 is 0 Å². The van der Waals surface area contributed by atoms with Crippen molar-refractivity contribution in [3.8, 4) is 0 Å². The lowest BCUT2D eigenvalue weighted by atomic mass is 10.1. The van der Waals surface area contributed by atoms with E-state index in [-0.39, 0.29) is 12.3 Å². The van der Waals surface area contributed by atoms with Gasteiger partial charge in [-0.05, 0) is 44.7 Å². The topological polar surface area (TPSA) is 39.5 Å². The van der Waals surface area contributed by atoms with Crippen molar-refractivity contribution in [1.29, 1.82) is 0 Å².